The van der Waals surface area contributed by atoms with Crippen LogP contribution >= 0.6 is 0 Å². The highest BCUT2D eigenvalue weighted by molar-refractivity contribution is 5.99. The molecule has 0 saturated carbocycles. The number of halogens is 1. The van der Waals surface area contributed by atoms with Crippen LogP contribution in [0.3, 0.4) is 0 Å². The van der Waals surface area contributed by atoms with Gasteiger partial charge in [-0.15, -0.1) is 0 Å². The summed E-state index contributed by atoms with van der Waals surface area (Å²) >= 11 is 0. The van der Waals surface area contributed by atoms with E-state index < -0.39 is 5.82 Å². The highest BCUT2D eigenvalue weighted by Crippen LogP contribution is 2.20. The number of hydrogen-bond donors (Lipinski definition) is 0. The van der Waals surface area contributed by atoms with Crippen LogP contribution in [0.5, 0.6) is 5.75 Å². The highest BCUT2D eigenvalue weighted by atomic mass is 19.1. The van der Waals surface area contributed by atoms with Crippen LogP contribution in [0.4, 0.5) is 4.39 Å². The van der Waals surface area contributed by atoms with E-state index in [1.54, 1.807) is 6.07 Å². The molecule has 72 valence electrons. The molecule has 0 aliphatic carbocycles. The summed E-state index contributed by atoms with van der Waals surface area (Å²) in [7, 11) is 1.35. The molecule has 1 aromatic carbocycles. The van der Waals surface area contributed by atoms with Gasteiger partial charge < -0.3 is 4.74 Å². The van der Waals surface area contributed by atoms with Crippen LogP contribution < -0.4 is 4.74 Å². The first-order valence-electron chi connectivity index (χ1n) is 3.92. The molecule has 0 heterocycles. The number of methoxy groups -OCH3 is 1. The SMILES string of the molecule is COc1cc(F)ccc1C(=O)CC#N. The lowest BCUT2D eigenvalue weighted by Gasteiger charge is -2.05. The molecule has 1 aromatic rings. The van der Waals surface area contributed by atoms with Crippen molar-refractivity contribution in [2.24, 2.45) is 0 Å². The second-order valence-electron chi connectivity index (χ2n) is 2.60. The van der Waals surface area contributed by atoms with E-state index in [1.807, 2.05) is 0 Å². The maximum absolute atomic E-state index is 12.7. The molecule has 0 aromatic heterocycles. The van der Waals surface area contributed by atoms with Crippen molar-refractivity contribution in [3.8, 4) is 11.8 Å². The predicted octanol–water partition coefficient (Wildman–Crippen LogP) is 1.93. The van der Waals surface area contributed by atoms with Gasteiger partial charge >= 0.3 is 0 Å². The van der Waals surface area contributed by atoms with E-state index in [0.29, 0.717) is 0 Å². The third-order valence-electron chi connectivity index (χ3n) is 1.70. The van der Waals surface area contributed by atoms with Crippen LogP contribution in [0.1, 0.15) is 16.8 Å². The molecular formula is C10H8FNO2. The van der Waals surface area contributed by atoms with Crippen LogP contribution in [0.2, 0.25) is 0 Å². The molecule has 0 aliphatic rings. The predicted molar refractivity (Wildman–Crippen MR) is 47.5 cm³/mol. The number of nitriles is 1. The van der Waals surface area contributed by atoms with E-state index in [4.69, 9.17) is 10.00 Å². The van der Waals surface area contributed by atoms with E-state index in [0.717, 1.165) is 12.1 Å². The normalized spacial score (nSPS) is 9.21. The average Bonchev–Trinajstić information content (AvgIpc) is 2.17. The Bertz CT molecular complexity index is 396. The number of Topliss-reactive ketones (excluding diaryl/α,β-unsaturated/α-hetero) is 1. The van der Waals surface area contributed by atoms with Crippen LogP contribution in [0.25, 0.3) is 0 Å². The van der Waals surface area contributed by atoms with Gasteiger partial charge in [-0.25, -0.2) is 4.39 Å². The fourth-order valence-electron chi connectivity index (χ4n) is 1.06. The topological polar surface area (TPSA) is 50.1 Å². The number of rotatable bonds is 3. The average molecular weight is 193 g/mol. The van der Waals surface area contributed by atoms with E-state index in [9.17, 15) is 9.18 Å². The summed E-state index contributed by atoms with van der Waals surface area (Å²) in [6.07, 6.45) is -0.234. The Morgan fingerprint density at radius 3 is 2.93 bits per heavy atom. The molecule has 0 spiro atoms. The van der Waals surface area contributed by atoms with E-state index in [2.05, 4.69) is 0 Å². The Balaban J connectivity index is 3.09. The molecule has 0 N–H and O–H groups in total. The summed E-state index contributed by atoms with van der Waals surface area (Å²) in [4.78, 5) is 11.3. The van der Waals surface area contributed by atoms with Crippen LogP contribution in [0.15, 0.2) is 18.2 Å². The van der Waals surface area contributed by atoms with Crippen molar-refractivity contribution in [3.05, 3.63) is 29.6 Å². The second kappa shape index (κ2) is 4.38. The molecule has 0 radical (unpaired) electrons. The molecular weight excluding hydrogens is 185 g/mol. The van der Waals surface area contributed by atoms with Gasteiger partial charge in [0, 0.05) is 6.07 Å². The fraction of sp³-hybridized carbons (Fsp3) is 0.200. The molecule has 1 rings (SSSR count). The van der Waals surface area contributed by atoms with Crippen molar-refractivity contribution in [1.29, 1.82) is 5.26 Å². The summed E-state index contributed by atoms with van der Waals surface area (Å²) < 4.78 is 17.6. The molecule has 4 heteroatoms. The van der Waals surface area contributed by atoms with Crippen molar-refractivity contribution < 1.29 is 13.9 Å². The van der Waals surface area contributed by atoms with Gasteiger partial charge in [0.2, 0.25) is 0 Å². The monoisotopic (exact) mass is 193 g/mol. The van der Waals surface area contributed by atoms with Crippen molar-refractivity contribution in [2.75, 3.05) is 7.11 Å². The Kier molecular flexibility index (Phi) is 3.19. The van der Waals surface area contributed by atoms with Crippen LogP contribution in [0, 0.1) is 17.1 Å². The number of hydrogen-bond acceptors (Lipinski definition) is 3. The molecule has 0 saturated heterocycles. The van der Waals surface area contributed by atoms with Gasteiger partial charge in [-0.3, -0.25) is 4.79 Å². The maximum Gasteiger partial charge on any atom is 0.180 e. The first kappa shape index (κ1) is 10.2. The molecule has 3 nitrogen and oxygen atoms in total. The first-order chi connectivity index (χ1) is 6.69. The van der Waals surface area contributed by atoms with E-state index >= 15 is 0 Å². The Labute approximate surface area is 80.7 Å². The van der Waals surface area contributed by atoms with Gasteiger partial charge in [-0.1, -0.05) is 0 Å². The third kappa shape index (κ3) is 2.07. The lowest BCUT2D eigenvalue weighted by atomic mass is 10.1. The first-order valence-corrected chi connectivity index (χ1v) is 3.92. The maximum atomic E-state index is 12.7. The number of benzene rings is 1. The molecule has 0 amide bonds. The van der Waals surface area contributed by atoms with Gasteiger partial charge in [0.15, 0.2) is 5.78 Å². The van der Waals surface area contributed by atoms with Gasteiger partial charge in [0.25, 0.3) is 0 Å². The van der Waals surface area contributed by atoms with Crippen molar-refractivity contribution in [3.63, 3.8) is 0 Å². The number of ether oxygens (including phenoxy) is 1. The minimum absolute atomic E-state index is 0.158. The van der Waals surface area contributed by atoms with Gasteiger partial charge in [-0.2, -0.15) is 5.26 Å². The standard InChI is InChI=1S/C10H8FNO2/c1-14-10-6-7(11)2-3-8(10)9(13)4-5-12/h2-3,6H,4H2,1H3. The Morgan fingerprint density at radius 1 is 1.64 bits per heavy atom. The summed E-state index contributed by atoms with van der Waals surface area (Å²) in [6.45, 7) is 0. The van der Waals surface area contributed by atoms with E-state index in [1.165, 1.54) is 13.2 Å². The molecule has 0 bridgehead atoms. The number of ketones is 1. The third-order valence-corrected chi connectivity index (χ3v) is 1.70. The summed E-state index contributed by atoms with van der Waals surface area (Å²) in [6, 6.07) is 5.32. The summed E-state index contributed by atoms with van der Waals surface area (Å²) in [5.41, 5.74) is 0.232. The number of carbonyl (C=O) groups excluding carboxylic acids is 1. The van der Waals surface area contributed by atoms with Crippen molar-refractivity contribution >= 4 is 5.78 Å². The zero-order valence-electron chi connectivity index (χ0n) is 7.58. The van der Waals surface area contributed by atoms with E-state index in [-0.39, 0.29) is 23.5 Å². The lowest BCUT2D eigenvalue weighted by molar-refractivity contribution is 0.0995. The number of carbonyl (C=O) groups is 1. The zero-order chi connectivity index (χ0) is 10.6. The smallest absolute Gasteiger partial charge is 0.180 e. The molecule has 0 unspecified atom stereocenters. The van der Waals surface area contributed by atoms with Gasteiger partial charge in [-0.05, 0) is 12.1 Å². The summed E-state index contributed by atoms with van der Waals surface area (Å²) in [5.74, 6) is -0.690. The molecule has 0 atom stereocenters. The summed E-state index contributed by atoms with van der Waals surface area (Å²) in [5, 5.41) is 8.33. The fourth-order valence-corrected chi connectivity index (χ4v) is 1.06. The number of nitrogens with zero attached hydrogens (tertiary/aromatic N) is 1. The molecule has 0 aliphatic heterocycles. The lowest BCUT2D eigenvalue weighted by Crippen LogP contribution is -2.01. The molecule has 0 fully saturated rings. The second-order valence-corrected chi connectivity index (χ2v) is 2.60. The minimum atomic E-state index is -0.477. The van der Waals surface area contributed by atoms with Crippen LogP contribution in [-0.4, -0.2) is 12.9 Å². The highest BCUT2D eigenvalue weighted by Gasteiger charge is 2.12. The minimum Gasteiger partial charge on any atom is -0.496 e. The largest absolute Gasteiger partial charge is 0.496 e. The Morgan fingerprint density at radius 2 is 2.36 bits per heavy atom. The van der Waals surface area contributed by atoms with Crippen LogP contribution in [-0.2, 0) is 0 Å². The van der Waals surface area contributed by atoms with Crippen molar-refractivity contribution in [1.82, 2.24) is 0 Å². The van der Waals surface area contributed by atoms with Crippen molar-refractivity contribution in [2.45, 2.75) is 6.42 Å². The van der Waals surface area contributed by atoms with Gasteiger partial charge in [0.05, 0.1) is 25.2 Å². The zero-order valence-corrected chi connectivity index (χ0v) is 7.58. The quantitative estimate of drug-likeness (QED) is 0.689. The molecule has 14 heavy (non-hydrogen) atoms. The Hall–Kier alpha value is -1.89. The van der Waals surface area contributed by atoms with Gasteiger partial charge in [0.1, 0.15) is 11.6 Å².